The van der Waals surface area contributed by atoms with Gasteiger partial charge in [-0.15, -0.1) is 0 Å². The van der Waals surface area contributed by atoms with E-state index in [1.54, 1.807) is 7.11 Å². The second-order valence-electron chi connectivity index (χ2n) is 6.23. The highest BCUT2D eigenvalue weighted by Gasteiger charge is 2.21. The zero-order valence-electron chi connectivity index (χ0n) is 15.4. The van der Waals surface area contributed by atoms with Gasteiger partial charge < -0.3 is 19.5 Å². The van der Waals surface area contributed by atoms with Crippen LogP contribution in [0.2, 0.25) is 0 Å². The Balaban J connectivity index is 1.48. The van der Waals surface area contributed by atoms with Crippen molar-refractivity contribution in [2.75, 3.05) is 33.5 Å². The van der Waals surface area contributed by atoms with Crippen molar-refractivity contribution in [1.82, 2.24) is 15.1 Å². The molecule has 1 N–H and O–H groups in total. The maximum atomic E-state index is 12.8. The topological polar surface area (TPSA) is 74.6 Å². The van der Waals surface area contributed by atoms with E-state index in [9.17, 15) is 9.18 Å². The first-order valence-electron chi connectivity index (χ1n) is 8.96. The lowest BCUT2D eigenvalue weighted by molar-refractivity contribution is -0.123. The molecule has 146 valence electrons. The van der Waals surface area contributed by atoms with Crippen molar-refractivity contribution in [3.63, 3.8) is 0 Å². The number of halogens is 1. The van der Waals surface area contributed by atoms with E-state index in [1.807, 2.05) is 4.68 Å². The Bertz CT molecular complexity index is 761. The van der Waals surface area contributed by atoms with Crippen molar-refractivity contribution < 1.29 is 23.4 Å². The van der Waals surface area contributed by atoms with Crippen molar-refractivity contribution in [2.45, 2.75) is 26.0 Å². The van der Waals surface area contributed by atoms with Gasteiger partial charge in [0.2, 0.25) is 0 Å². The molecule has 0 atom stereocenters. The van der Waals surface area contributed by atoms with E-state index in [2.05, 4.69) is 10.4 Å². The van der Waals surface area contributed by atoms with Crippen LogP contribution in [0.3, 0.4) is 0 Å². The molecule has 0 bridgehead atoms. The average molecular weight is 377 g/mol. The van der Waals surface area contributed by atoms with Gasteiger partial charge in [-0.25, -0.2) is 4.39 Å². The first-order chi connectivity index (χ1) is 13.2. The first-order valence-corrected chi connectivity index (χ1v) is 8.96. The summed E-state index contributed by atoms with van der Waals surface area (Å²) in [7, 11) is 1.67. The van der Waals surface area contributed by atoms with Crippen LogP contribution in [0, 0.1) is 5.82 Å². The van der Waals surface area contributed by atoms with Crippen LogP contribution in [-0.4, -0.2) is 49.2 Å². The summed E-state index contributed by atoms with van der Waals surface area (Å²) in [4.78, 5) is 11.9. The van der Waals surface area contributed by atoms with Gasteiger partial charge in [-0.05, 0) is 24.3 Å². The Morgan fingerprint density at radius 1 is 1.37 bits per heavy atom. The third-order valence-corrected chi connectivity index (χ3v) is 4.35. The van der Waals surface area contributed by atoms with E-state index < -0.39 is 0 Å². The minimum atomic E-state index is -0.343. The number of aromatic nitrogens is 2. The summed E-state index contributed by atoms with van der Waals surface area (Å²) in [5.41, 5.74) is 3.26. The Morgan fingerprint density at radius 3 is 2.96 bits per heavy atom. The lowest BCUT2D eigenvalue weighted by Crippen LogP contribution is -2.30. The number of hydrogen-bond donors (Lipinski definition) is 1. The Hall–Kier alpha value is -2.45. The third kappa shape index (κ3) is 5.27. The second-order valence-corrected chi connectivity index (χ2v) is 6.23. The molecule has 1 aromatic heterocycles. The highest BCUT2D eigenvalue weighted by Crippen LogP contribution is 2.21. The molecule has 0 saturated heterocycles. The molecular weight excluding hydrogens is 353 g/mol. The van der Waals surface area contributed by atoms with Gasteiger partial charge in [0.1, 0.15) is 11.6 Å². The zero-order valence-corrected chi connectivity index (χ0v) is 15.4. The molecule has 0 spiro atoms. The van der Waals surface area contributed by atoms with E-state index in [0.717, 1.165) is 17.7 Å². The summed E-state index contributed by atoms with van der Waals surface area (Å²) in [6.45, 7) is 2.90. The number of ether oxygens (including phenoxy) is 3. The fourth-order valence-electron chi connectivity index (χ4n) is 2.99. The fourth-order valence-corrected chi connectivity index (χ4v) is 2.99. The Morgan fingerprint density at radius 2 is 2.19 bits per heavy atom. The number of nitrogens with zero attached hydrogens (tertiary/aromatic N) is 2. The van der Waals surface area contributed by atoms with Crippen LogP contribution in [-0.2, 0) is 40.3 Å². The molecule has 0 saturated carbocycles. The van der Waals surface area contributed by atoms with E-state index in [1.165, 1.54) is 30.0 Å². The Labute approximate surface area is 157 Å². The molecule has 0 aliphatic carbocycles. The minimum absolute atomic E-state index is 0.116. The molecule has 1 aromatic carbocycles. The van der Waals surface area contributed by atoms with E-state index in [4.69, 9.17) is 14.2 Å². The van der Waals surface area contributed by atoms with Crippen molar-refractivity contribution in [3.05, 3.63) is 47.0 Å². The fraction of sp³-hybridized carbons (Fsp3) is 0.474. The number of rotatable bonds is 9. The lowest BCUT2D eigenvalue weighted by Gasteiger charge is -2.15. The smallest absolute Gasteiger partial charge is 0.257 e. The predicted molar refractivity (Wildman–Crippen MR) is 96.1 cm³/mol. The average Bonchev–Trinajstić information content (AvgIpc) is 3.04. The number of benzene rings is 1. The van der Waals surface area contributed by atoms with Crippen molar-refractivity contribution in [2.24, 2.45) is 0 Å². The number of hydrogen-bond acceptors (Lipinski definition) is 5. The summed E-state index contributed by atoms with van der Waals surface area (Å²) < 4.78 is 30.9. The first kappa shape index (κ1) is 19.3. The lowest BCUT2D eigenvalue weighted by atomic mass is 10.1. The number of nitrogens with one attached hydrogen (secondary N) is 1. The summed E-state index contributed by atoms with van der Waals surface area (Å²) in [6.07, 6.45) is 1.46. The SMILES string of the molecule is COCCn1nc(CCNC(=O)COc2ccc(F)cc2)c2c1CCOC2. The number of methoxy groups -OCH3 is 1. The molecule has 1 amide bonds. The van der Waals surface area contributed by atoms with E-state index >= 15 is 0 Å². The zero-order chi connectivity index (χ0) is 19.1. The third-order valence-electron chi connectivity index (χ3n) is 4.35. The molecule has 8 heteroatoms. The van der Waals surface area contributed by atoms with Crippen LogP contribution in [0.4, 0.5) is 4.39 Å². The van der Waals surface area contributed by atoms with Gasteiger partial charge in [0.25, 0.3) is 5.91 Å². The van der Waals surface area contributed by atoms with Crippen LogP contribution in [0.1, 0.15) is 17.0 Å². The number of fused-ring (bicyclic) bond motifs is 1. The maximum absolute atomic E-state index is 12.8. The molecule has 0 radical (unpaired) electrons. The Kier molecular flexibility index (Phi) is 6.78. The van der Waals surface area contributed by atoms with Crippen LogP contribution < -0.4 is 10.1 Å². The molecule has 0 fully saturated rings. The minimum Gasteiger partial charge on any atom is -0.484 e. The van der Waals surface area contributed by atoms with Gasteiger partial charge in [-0.3, -0.25) is 9.48 Å². The molecule has 2 heterocycles. The van der Waals surface area contributed by atoms with Crippen molar-refractivity contribution in [1.29, 1.82) is 0 Å². The predicted octanol–water partition coefficient (Wildman–Crippen LogP) is 1.48. The van der Waals surface area contributed by atoms with Crippen LogP contribution >= 0.6 is 0 Å². The largest absolute Gasteiger partial charge is 0.484 e. The van der Waals surface area contributed by atoms with Gasteiger partial charge >= 0.3 is 0 Å². The van der Waals surface area contributed by atoms with Crippen LogP contribution in [0.15, 0.2) is 24.3 Å². The van der Waals surface area contributed by atoms with Crippen LogP contribution in [0.25, 0.3) is 0 Å². The highest BCUT2D eigenvalue weighted by molar-refractivity contribution is 5.77. The van der Waals surface area contributed by atoms with Gasteiger partial charge in [-0.1, -0.05) is 0 Å². The van der Waals surface area contributed by atoms with Gasteiger partial charge in [-0.2, -0.15) is 5.10 Å². The van der Waals surface area contributed by atoms with E-state index in [-0.39, 0.29) is 18.3 Å². The molecule has 1 aliphatic heterocycles. The summed E-state index contributed by atoms with van der Waals surface area (Å²) >= 11 is 0. The summed E-state index contributed by atoms with van der Waals surface area (Å²) in [5, 5.41) is 7.49. The molecule has 27 heavy (non-hydrogen) atoms. The van der Waals surface area contributed by atoms with Crippen molar-refractivity contribution in [3.8, 4) is 5.75 Å². The number of carbonyl (C=O) groups is 1. The van der Waals surface area contributed by atoms with Gasteiger partial charge in [0, 0.05) is 37.8 Å². The van der Waals surface area contributed by atoms with E-state index in [0.29, 0.717) is 45.1 Å². The monoisotopic (exact) mass is 377 g/mol. The maximum Gasteiger partial charge on any atom is 0.257 e. The highest BCUT2D eigenvalue weighted by atomic mass is 19.1. The van der Waals surface area contributed by atoms with Crippen molar-refractivity contribution >= 4 is 5.91 Å². The second kappa shape index (κ2) is 9.48. The normalized spacial score (nSPS) is 13.3. The molecule has 2 aromatic rings. The summed E-state index contributed by atoms with van der Waals surface area (Å²) in [6, 6.07) is 5.56. The molecule has 3 rings (SSSR count). The molecular formula is C19H24FN3O4. The number of amides is 1. The molecule has 7 nitrogen and oxygen atoms in total. The van der Waals surface area contributed by atoms with Gasteiger partial charge in [0.05, 0.1) is 32.1 Å². The summed E-state index contributed by atoms with van der Waals surface area (Å²) in [5.74, 6) is -0.123. The molecule has 0 unspecified atom stereocenters. The van der Waals surface area contributed by atoms with Crippen LogP contribution in [0.5, 0.6) is 5.75 Å². The quantitative estimate of drug-likeness (QED) is 0.717. The van der Waals surface area contributed by atoms with Gasteiger partial charge in [0.15, 0.2) is 6.61 Å². The standard InChI is InChI=1S/C19H24FN3O4/c1-25-11-9-23-18-7-10-26-12-16(18)17(22-23)6-8-21-19(24)13-27-15-4-2-14(20)3-5-15/h2-5H,6-13H2,1H3,(H,21,24). The molecule has 1 aliphatic rings. The number of carbonyl (C=O) groups excluding carboxylic acids is 1.